The van der Waals surface area contributed by atoms with Crippen LogP contribution in [0.4, 0.5) is 0 Å². The minimum absolute atomic E-state index is 0.145. The maximum atomic E-state index is 13.3. The Morgan fingerprint density at radius 3 is 2.81 bits per heavy atom. The topological polar surface area (TPSA) is 38.1 Å². The van der Waals surface area contributed by atoms with Gasteiger partial charge in [0, 0.05) is 16.8 Å². The number of hydrogen-bond acceptors (Lipinski definition) is 4. The number of rotatable bonds is 3. The fraction of sp³-hybridized carbons (Fsp3) is 0.238. The quantitative estimate of drug-likeness (QED) is 0.465. The van der Waals surface area contributed by atoms with Crippen LogP contribution < -0.4 is 0 Å². The summed E-state index contributed by atoms with van der Waals surface area (Å²) in [4.78, 5) is 18.5. The van der Waals surface area contributed by atoms with Gasteiger partial charge in [0.25, 0.3) is 5.91 Å². The van der Waals surface area contributed by atoms with E-state index in [0.29, 0.717) is 0 Å². The van der Waals surface area contributed by atoms with Crippen molar-refractivity contribution in [1.82, 2.24) is 14.7 Å². The molecule has 0 N–H and O–H groups in total. The molecule has 4 heterocycles. The van der Waals surface area contributed by atoms with Gasteiger partial charge in [-0.05, 0) is 49.4 Å². The summed E-state index contributed by atoms with van der Waals surface area (Å²) < 4.78 is 1.95. The lowest BCUT2D eigenvalue weighted by Crippen LogP contribution is -2.29. The molecule has 1 amide bonds. The number of likely N-dealkylation sites (tertiary alicyclic amines) is 1. The molecule has 1 aromatic carbocycles. The fourth-order valence-electron chi connectivity index (χ4n) is 3.82. The smallest absolute Gasteiger partial charge is 0.264 e. The number of carbonyl (C=O) groups is 1. The number of aromatic nitrogens is 2. The zero-order valence-corrected chi connectivity index (χ0v) is 16.6. The molecule has 0 bridgehead atoms. The average molecular weight is 394 g/mol. The van der Waals surface area contributed by atoms with Crippen molar-refractivity contribution in [2.24, 2.45) is 0 Å². The van der Waals surface area contributed by atoms with Crippen molar-refractivity contribution in [1.29, 1.82) is 0 Å². The first-order valence-electron chi connectivity index (χ1n) is 9.11. The zero-order valence-electron chi connectivity index (χ0n) is 15.0. The van der Waals surface area contributed by atoms with E-state index in [0.717, 1.165) is 45.9 Å². The summed E-state index contributed by atoms with van der Waals surface area (Å²) in [6, 6.07) is 16.5. The van der Waals surface area contributed by atoms with Crippen LogP contribution in [-0.2, 0) is 0 Å². The number of amides is 1. The predicted molar refractivity (Wildman–Crippen MR) is 111 cm³/mol. The van der Waals surface area contributed by atoms with Crippen LogP contribution in [0.1, 0.15) is 39.1 Å². The van der Waals surface area contributed by atoms with Crippen LogP contribution in [0.3, 0.4) is 0 Å². The Balaban J connectivity index is 1.53. The number of fused-ring (bicyclic) bond motifs is 1. The Morgan fingerprint density at radius 2 is 2.04 bits per heavy atom. The van der Waals surface area contributed by atoms with E-state index in [2.05, 4.69) is 22.6 Å². The number of para-hydroxylation sites is 1. The van der Waals surface area contributed by atoms with Crippen LogP contribution in [0.2, 0.25) is 0 Å². The summed E-state index contributed by atoms with van der Waals surface area (Å²) in [5.74, 6) is 0.145. The van der Waals surface area contributed by atoms with Crippen LogP contribution in [-0.4, -0.2) is 27.1 Å². The van der Waals surface area contributed by atoms with Crippen LogP contribution in [0.25, 0.3) is 15.9 Å². The molecule has 1 fully saturated rings. The summed E-state index contributed by atoms with van der Waals surface area (Å²) in [5.41, 5.74) is 1.98. The molecule has 27 heavy (non-hydrogen) atoms. The van der Waals surface area contributed by atoms with E-state index in [1.54, 1.807) is 22.7 Å². The van der Waals surface area contributed by atoms with E-state index in [-0.39, 0.29) is 11.9 Å². The largest absolute Gasteiger partial charge is 0.330 e. The average Bonchev–Trinajstić information content (AvgIpc) is 3.47. The lowest BCUT2D eigenvalue weighted by molar-refractivity contribution is 0.0743. The van der Waals surface area contributed by atoms with Gasteiger partial charge in [-0.1, -0.05) is 24.3 Å². The molecule has 1 aliphatic heterocycles. The highest BCUT2D eigenvalue weighted by atomic mass is 32.1. The number of nitrogens with zero attached hydrogens (tertiary/aromatic N) is 3. The lowest BCUT2D eigenvalue weighted by Gasteiger charge is -2.23. The molecule has 3 aromatic heterocycles. The van der Waals surface area contributed by atoms with Crippen molar-refractivity contribution in [3.8, 4) is 5.69 Å². The van der Waals surface area contributed by atoms with Gasteiger partial charge in [-0.25, -0.2) is 4.68 Å². The van der Waals surface area contributed by atoms with Gasteiger partial charge in [-0.2, -0.15) is 5.10 Å². The zero-order chi connectivity index (χ0) is 18.4. The van der Waals surface area contributed by atoms with Crippen molar-refractivity contribution in [2.75, 3.05) is 6.54 Å². The van der Waals surface area contributed by atoms with Crippen LogP contribution in [0.5, 0.6) is 0 Å². The molecule has 4 aromatic rings. The molecule has 5 rings (SSSR count). The highest BCUT2D eigenvalue weighted by Crippen LogP contribution is 2.38. The SMILES string of the molecule is Cc1nn(-c2ccccc2)c2sc(C(=O)N3CCC[C@@H]3c3cccs3)cc12. The predicted octanol–water partition coefficient (Wildman–Crippen LogP) is 5.43. The second-order valence-corrected chi connectivity index (χ2v) is 8.84. The summed E-state index contributed by atoms with van der Waals surface area (Å²) >= 11 is 3.29. The monoisotopic (exact) mass is 393 g/mol. The van der Waals surface area contributed by atoms with Crippen LogP contribution >= 0.6 is 22.7 Å². The first-order chi connectivity index (χ1) is 13.2. The molecule has 0 unspecified atom stereocenters. The van der Waals surface area contributed by atoms with Crippen molar-refractivity contribution in [3.63, 3.8) is 0 Å². The van der Waals surface area contributed by atoms with Gasteiger partial charge in [-0.15, -0.1) is 22.7 Å². The molecule has 1 atom stereocenters. The first kappa shape index (κ1) is 16.7. The van der Waals surface area contributed by atoms with Gasteiger partial charge in [0.2, 0.25) is 0 Å². The molecule has 6 heteroatoms. The van der Waals surface area contributed by atoms with E-state index in [9.17, 15) is 4.79 Å². The van der Waals surface area contributed by atoms with Gasteiger partial charge < -0.3 is 4.90 Å². The van der Waals surface area contributed by atoms with Crippen LogP contribution in [0, 0.1) is 6.92 Å². The molecule has 4 nitrogen and oxygen atoms in total. The second kappa shape index (κ2) is 6.62. The Morgan fingerprint density at radius 1 is 1.19 bits per heavy atom. The van der Waals surface area contributed by atoms with E-state index in [4.69, 9.17) is 0 Å². The van der Waals surface area contributed by atoms with E-state index < -0.39 is 0 Å². The highest BCUT2D eigenvalue weighted by Gasteiger charge is 2.32. The third-order valence-corrected chi connectivity index (χ3v) is 7.21. The van der Waals surface area contributed by atoms with Gasteiger partial charge >= 0.3 is 0 Å². The first-order valence-corrected chi connectivity index (χ1v) is 10.8. The maximum absolute atomic E-state index is 13.3. The summed E-state index contributed by atoms with van der Waals surface area (Å²) in [6.45, 7) is 2.84. The number of carbonyl (C=O) groups excluding carboxylic acids is 1. The number of benzene rings is 1. The Bertz CT molecular complexity index is 1100. The number of hydrogen-bond donors (Lipinski definition) is 0. The van der Waals surface area contributed by atoms with Crippen molar-refractivity contribution >= 4 is 38.8 Å². The van der Waals surface area contributed by atoms with E-state index in [1.807, 2.05) is 52.9 Å². The third kappa shape index (κ3) is 2.80. The van der Waals surface area contributed by atoms with Crippen molar-refractivity contribution in [2.45, 2.75) is 25.8 Å². The third-order valence-electron chi connectivity index (χ3n) is 5.14. The van der Waals surface area contributed by atoms with Crippen LogP contribution in [0.15, 0.2) is 53.9 Å². The summed E-state index contributed by atoms with van der Waals surface area (Å²) in [6.07, 6.45) is 2.12. The van der Waals surface area contributed by atoms with Gasteiger partial charge in [0.05, 0.1) is 22.3 Å². The lowest BCUT2D eigenvalue weighted by atomic mass is 10.2. The molecule has 136 valence electrons. The highest BCUT2D eigenvalue weighted by molar-refractivity contribution is 7.20. The molecular formula is C21H19N3OS2. The molecular weight excluding hydrogens is 374 g/mol. The molecule has 0 radical (unpaired) electrons. The maximum Gasteiger partial charge on any atom is 0.264 e. The number of aryl methyl sites for hydroxylation is 1. The normalized spacial score (nSPS) is 17.1. The Labute approximate surface area is 165 Å². The fourth-order valence-corrected chi connectivity index (χ4v) is 5.84. The van der Waals surface area contributed by atoms with Crippen molar-refractivity contribution in [3.05, 3.63) is 69.4 Å². The van der Waals surface area contributed by atoms with Gasteiger partial charge in [0.15, 0.2) is 0 Å². The summed E-state index contributed by atoms with van der Waals surface area (Å²) in [5, 5.41) is 7.84. The molecule has 0 saturated carbocycles. The molecule has 0 aliphatic carbocycles. The molecule has 0 spiro atoms. The second-order valence-electron chi connectivity index (χ2n) is 6.83. The Hall–Kier alpha value is -2.44. The van der Waals surface area contributed by atoms with E-state index >= 15 is 0 Å². The Kier molecular flexibility index (Phi) is 4.10. The standard InChI is InChI=1S/C21H19N3OS2/c1-14-16-13-19(27-21(16)24(22-14)15-7-3-2-4-8-15)20(25)23-11-5-9-17(23)18-10-6-12-26-18/h2-4,6-8,10,12-13,17H,5,9,11H2,1H3/t17-/m1/s1. The molecule has 1 saturated heterocycles. The minimum Gasteiger partial charge on any atom is -0.330 e. The number of thiophene rings is 2. The summed E-state index contributed by atoms with van der Waals surface area (Å²) in [7, 11) is 0. The van der Waals surface area contributed by atoms with E-state index in [1.165, 1.54) is 4.88 Å². The van der Waals surface area contributed by atoms with Crippen molar-refractivity contribution < 1.29 is 4.79 Å². The molecule has 1 aliphatic rings. The van der Waals surface area contributed by atoms with Gasteiger partial charge in [0.1, 0.15) is 4.83 Å². The van der Waals surface area contributed by atoms with Gasteiger partial charge in [-0.3, -0.25) is 4.79 Å². The minimum atomic E-state index is 0.145.